The molecule has 21 heavy (non-hydrogen) atoms. The molecule has 0 atom stereocenters. The standard InChI is InChI=1S/C16H13FN2OS/c17-13-5-1-11(2-6-13)9-19-15(10-21-16(19)20)12-3-7-14(18)8-4-12/h1-8,10H,9,18H2. The number of aromatic nitrogens is 1. The quantitative estimate of drug-likeness (QED) is 0.754. The molecule has 0 fully saturated rings. The van der Waals surface area contributed by atoms with Crippen LogP contribution in [0.1, 0.15) is 5.56 Å². The van der Waals surface area contributed by atoms with Crippen LogP contribution in [0.2, 0.25) is 0 Å². The van der Waals surface area contributed by atoms with Gasteiger partial charge in [0.1, 0.15) is 5.82 Å². The van der Waals surface area contributed by atoms with Crippen molar-refractivity contribution < 1.29 is 4.39 Å². The molecule has 106 valence electrons. The molecular weight excluding hydrogens is 287 g/mol. The number of nitrogen functional groups attached to an aromatic ring is 1. The van der Waals surface area contributed by atoms with Crippen molar-refractivity contribution in [3.63, 3.8) is 0 Å². The van der Waals surface area contributed by atoms with Crippen LogP contribution in [0.4, 0.5) is 10.1 Å². The number of nitrogens with two attached hydrogens (primary N) is 1. The zero-order chi connectivity index (χ0) is 14.8. The molecule has 1 aromatic heterocycles. The first-order valence-electron chi connectivity index (χ1n) is 6.42. The van der Waals surface area contributed by atoms with Crippen molar-refractivity contribution in [2.75, 3.05) is 5.73 Å². The van der Waals surface area contributed by atoms with Gasteiger partial charge in [0.05, 0.1) is 12.2 Å². The summed E-state index contributed by atoms with van der Waals surface area (Å²) in [6.45, 7) is 0.419. The van der Waals surface area contributed by atoms with Crippen molar-refractivity contribution in [2.45, 2.75) is 6.54 Å². The normalized spacial score (nSPS) is 10.7. The van der Waals surface area contributed by atoms with Gasteiger partial charge in [0.2, 0.25) is 0 Å². The van der Waals surface area contributed by atoms with Crippen molar-refractivity contribution in [3.8, 4) is 11.3 Å². The zero-order valence-corrected chi connectivity index (χ0v) is 11.9. The first-order valence-corrected chi connectivity index (χ1v) is 7.30. The number of halogens is 1. The molecule has 0 aliphatic rings. The van der Waals surface area contributed by atoms with E-state index in [1.165, 1.54) is 12.1 Å². The van der Waals surface area contributed by atoms with Crippen LogP contribution in [0.25, 0.3) is 11.3 Å². The van der Waals surface area contributed by atoms with Crippen LogP contribution in [-0.2, 0) is 6.54 Å². The van der Waals surface area contributed by atoms with Gasteiger partial charge >= 0.3 is 4.87 Å². The Bertz CT molecular complexity index is 804. The summed E-state index contributed by atoms with van der Waals surface area (Å²) in [5, 5.41) is 1.83. The van der Waals surface area contributed by atoms with Gasteiger partial charge in [0.15, 0.2) is 0 Å². The highest BCUT2D eigenvalue weighted by molar-refractivity contribution is 7.07. The summed E-state index contributed by atoms with van der Waals surface area (Å²) in [6, 6.07) is 13.6. The molecule has 0 bridgehead atoms. The van der Waals surface area contributed by atoms with Gasteiger partial charge in [-0.2, -0.15) is 0 Å². The third-order valence-electron chi connectivity index (χ3n) is 3.24. The van der Waals surface area contributed by atoms with Gasteiger partial charge in [0.25, 0.3) is 0 Å². The van der Waals surface area contributed by atoms with Gasteiger partial charge in [-0.1, -0.05) is 35.6 Å². The fraction of sp³-hybridized carbons (Fsp3) is 0.0625. The predicted molar refractivity (Wildman–Crippen MR) is 83.9 cm³/mol. The van der Waals surface area contributed by atoms with E-state index in [9.17, 15) is 9.18 Å². The largest absolute Gasteiger partial charge is 0.399 e. The van der Waals surface area contributed by atoms with E-state index in [1.54, 1.807) is 28.8 Å². The van der Waals surface area contributed by atoms with E-state index in [0.717, 1.165) is 28.2 Å². The lowest BCUT2D eigenvalue weighted by Gasteiger charge is -2.08. The molecule has 3 rings (SSSR count). The van der Waals surface area contributed by atoms with Gasteiger partial charge < -0.3 is 5.73 Å². The summed E-state index contributed by atoms with van der Waals surface area (Å²) in [7, 11) is 0. The Labute approximate surface area is 125 Å². The van der Waals surface area contributed by atoms with Crippen LogP contribution in [0, 0.1) is 5.82 Å². The van der Waals surface area contributed by atoms with Crippen LogP contribution in [0.15, 0.2) is 58.7 Å². The van der Waals surface area contributed by atoms with Crippen LogP contribution in [0.5, 0.6) is 0 Å². The summed E-state index contributed by atoms with van der Waals surface area (Å²) in [5.41, 5.74) is 9.03. The SMILES string of the molecule is Nc1ccc(-c2csc(=O)n2Cc2ccc(F)cc2)cc1. The second-order valence-electron chi connectivity index (χ2n) is 4.72. The highest BCUT2D eigenvalue weighted by Gasteiger charge is 2.09. The molecule has 2 N–H and O–H groups in total. The highest BCUT2D eigenvalue weighted by Crippen LogP contribution is 2.22. The monoisotopic (exact) mass is 300 g/mol. The zero-order valence-electron chi connectivity index (χ0n) is 11.1. The molecular formula is C16H13FN2OS. The molecule has 3 nitrogen and oxygen atoms in total. The minimum Gasteiger partial charge on any atom is -0.399 e. The highest BCUT2D eigenvalue weighted by atomic mass is 32.1. The van der Waals surface area contributed by atoms with E-state index >= 15 is 0 Å². The van der Waals surface area contributed by atoms with Gasteiger partial charge in [-0.15, -0.1) is 0 Å². The summed E-state index contributed by atoms with van der Waals surface area (Å²) >= 11 is 1.15. The Morgan fingerprint density at radius 1 is 1.05 bits per heavy atom. The first-order chi connectivity index (χ1) is 10.1. The molecule has 0 aliphatic heterocycles. The molecule has 2 aromatic carbocycles. The number of nitrogens with zero attached hydrogens (tertiary/aromatic N) is 1. The van der Waals surface area contributed by atoms with Gasteiger partial charge in [-0.25, -0.2) is 4.39 Å². The van der Waals surface area contributed by atoms with Gasteiger partial charge in [-0.3, -0.25) is 9.36 Å². The lowest BCUT2D eigenvalue weighted by atomic mass is 10.1. The molecule has 0 radical (unpaired) electrons. The third kappa shape index (κ3) is 2.87. The first kappa shape index (κ1) is 13.6. The van der Waals surface area contributed by atoms with Gasteiger partial charge in [0, 0.05) is 11.1 Å². The number of anilines is 1. The van der Waals surface area contributed by atoms with E-state index in [0.29, 0.717) is 12.2 Å². The van der Waals surface area contributed by atoms with Gasteiger partial charge in [-0.05, 0) is 35.4 Å². The molecule has 0 spiro atoms. The second-order valence-corrected chi connectivity index (χ2v) is 5.54. The average molecular weight is 300 g/mol. The molecule has 1 heterocycles. The fourth-order valence-corrected chi connectivity index (χ4v) is 2.90. The summed E-state index contributed by atoms with van der Waals surface area (Å²) in [4.78, 5) is 12.0. The van der Waals surface area contributed by atoms with Crippen molar-refractivity contribution in [3.05, 3.63) is 75.0 Å². The van der Waals surface area contributed by atoms with E-state index in [4.69, 9.17) is 5.73 Å². The minimum absolute atomic E-state index is 0.0360. The molecule has 0 saturated carbocycles. The Kier molecular flexibility index (Phi) is 3.58. The van der Waals surface area contributed by atoms with Crippen molar-refractivity contribution in [1.29, 1.82) is 0 Å². The van der Waals surface area contributed by atoms with Crippen LogP contribution in [-0.4, -0.2) is 4.57 Å². The molecule has 0 unspecified atom stereocenters. The summed E-state index contributed by atoms with van der Waals surface area (Å²) < 4.78 is 14.6. The Balaban J connectivity index is 1.99. The van der Waals surface area contributed by atoms with E-state index in [-0.39, 0.29) is 10.7 Å². The van der Waals surface area contributed by atoms with Crippen LogP contribution >= 0.6 is 11.3 Å². The number of rotatable bonds is 3. The number of hydrogen-bond donors (Lipinski definition) is 1. The Hall–Kier alpha value is -2.40. The lowest BCUT2D eigenvalue weighted by molar-refractivity contribution is 0.626. The number of thiazole rings is 1. The van der Waals surface area contributed by atoms with E-state index < -0.39 is 0 Å². The molecule has 0 amide bonds. The minimum atomic E-state index is -0.282. The predicted octanol–water partition coefficient (Wildman–Crippen LogP) is 3.35. The number of hydrogen-bond acceptors (Lipinski definition) is 3. The molecule has 0 aliphatic carbocycles. The third-order valence-corrected chi connectivity index (χ3v) is 4.01. The van der Waals surface area contributed by atoms with Crippen molar-refractivity contribution >= 4 is 17.0 Å². The smallest absolute Gasteiger partial charge is 0.307 e. The maximum atomic E-state index is 12.9. The topological polar surface area (TPSA) is 48.0 Å². The van der Waals surface area contributed by atoms with Crippen molar-refractivity contribution in [2.24, 2.45) is 0 Å². The summed E-state index contributed by atoms with van der Waals surface area (Å²) in [6.07, 6.45) is 0. The number of benzene rings is 2. The molecule has 5 heteroatoms. The fourth-order valence-electron chi connectivity index (χ4n) is 2.13. The van der Waals surface area contributed by atoms with Crippen LogP contribution < -0.4 is 10.6 Å². The van der Waals surface area contributed by atoms with Crippen molar-refractivity contribution in [1.82, 2.24) is 4.57 Å². The van der Waals surface area contributed by atoms with E-state index in [2.05, 4.69) is 0 Å². The van der Waals surface area contributed by atoms with E-state index in [1.807, 2.05) is 17.5 Å². The maximum Gasteiger partial charge on any atom is 0.307 e. The molecule has 0 saturated heterocycles. The second kappa shape index (κ2) is 5.54. The molecule has 3 aromatic rings. The Morgan fingerprint density at radius 3 is 2.38 bits per heavy atom. The Morgan fingerprint density at radius 2 is 1.71 bits per heavy atom. The summed E-state index contributed by atoms with van der Waals surface area (Å²) in [5.74, 6) is -0.282. The maximum absolute atomic E-state index is 12.9. The van der Waals surface area contributed by atoms with Crippen LogP contribution in [0.3, 0.4) is 0 Å². The average Bonchev–Trinajstić information content (AvgIpc) is 2.84. The lowest BCUT2D eigenvalue weighted by Crippen LogP contribution is -2.15.